The fourth-order valence-electron chi connectivity index (χ4n) is 1.83. The molecule has 21 heavy (non-hydrogen) atoms. The lowest BCUT2D eigenvalue weighted by atomic mass is 10.1. The molecule has 0 unspecified atom stereocenters. The van der Waals surface area contributed by atoms with Crippen molar-refractivity contribution in [1.82, 2.24) is 15.5 Å². The van der Waals surface area contributed by atoms with E-state index >= 15 is 0 Å². The lowest BCUT2D eigenvalue weighted by Gasteiger charge is -2.10. The van der Waals surface area contributed by atoms with E-state index in [0.717, 1.165) is 24.9 Å². The summed E-state index contributed by atoms with van der Waals surface area (Å²) in [7, 11) is 4.04. The van der Waals surface area contributed by atoms with E-state index in [2.05, 4.69) is 15.5 Å². The van der Waals surface area contributed by atoms with Crippen LogP contribution in [0.2, 0.25) is 10.0 Å². The molecule has 2 N–H and O–H groups in total. The molecule has 0 aliphatic rings. The van der Waals surface area contributed by atoms with Crippen molar-refractivity contribution in [2.75, 3.05) is 40.3 Å². The number of carbonyl (C=O) groups excluding carboxylic acids is 1. The molecule has 1 aromatic carbocycles. The van der Waals surface area contributed by atoms with Crippen LogP contribution in [0, 0.1) is 0 Å². The van der Waals surface area contributed by atoms with E-state index in [0.29, 0.717) is 29.7 Å². The lowest BCUT2D eigenvalue weighted by molar-refractivity contribution is -0.120. The number of hydrogen-bond donors (Lipinski definition) is 2. The first-order chi connectivity index (χ1) is 9.99. The topological polar surface area (TPSA) is 44.4 Å². The highest BCUT2D eigenvalue weighted by Gasteiger charge is 2.03. The van der Waals surface area contributed by atoms with Gasteiger partial charge < -0.3 is 15.5 Å². The normalized spacial score (nSPS) is 10.9. The zero-order valence-corrected chi connectivity index (χ0v) is 14.1. The first-order valence-corrected chi connectivity index (χ1v) is 7.80. The van der Waals surface area contributed by atoms with E-state index in [1.54, 1.807) is 6.07 Å². The third kappa shape index (κ3) is 8.27. The van der Waals surface area contributed by atoms with Gasteiger partial charge in [0.15, 0.2) is 0 Å². The van der Waals surface area contributed by atoms with Gasteiger partial charge in [0.2, 0.25) is 5.91 Å². The standard InChI is InChI=1S/C15H23Cl2N3O/c1-20(2)9-3-7-19-15(21)11-18-8-6-12-4-5-13(16)10-14(12)17/h4-5,10,18H,3,6-9,11H2,1-2H3,(H,19,21). The third-order valence-corrected chi connectivity index (χ3v) is 3.56. The average molecular weight is 332 g/mol. The summed E-state index contributed by atoms with van der Waals surface area (Å²) in [4.78, 5) is 13.7. The SMILES string of the molecule is CN(C)CCCNC(=O)CNCCc1ccc(Cl)cc1Cl. The minimum Gasteiger partial charge on any atom is -0.355 e. The molecule has 0 radical (unpaired) electrons. The van der Waals surface area contributed by atoms with Crippen LogP contribution in [0.4, 0.5) is 0 Å². The van der Waals surface area contributed by atoms with Crippen LogP contribution in [0.1, 0.15) is 12.0 Å². The quantitative estimate of drug-likeness (QED) is 0.682. The summed E-state index contributed by atoms with van der Waals surface area (Å²) in [5.41, 5.74) is 1.03. The predicted molar refractivity (Wildman–Crippen MR) is 89.2 cm³/mol. The zero-order chi connectivity index (χ0) is 15.7. The summed E-state index contributed by atoms with van der Waals surface area (Å²) in [6.07, 6.45) is 1.73. The molecule has 1 amide bonds. The maximum absolute atomic E-state index is 11.6. The fraction of sp³-hybridized carbons (Fsp3) is 0.533. The van der Waals surface area contributed by atoms with Gasteiger partial charge in [-0.25, -0.2) is 0 Å². The fourth-order valence-corrected chi connectivity index (χ4v) is 2.34. The number of rotatable bonds is 9. The van der Waals surface area contributed by atoms with E-state index in [1.165, 1.54) is 0 Å². The number of carbonyl (C=O) groups is 1. The molecule has 0 saturated heterocycles. The van der Waals surface area contributed by atoms with Gasteiger partial charge in [-0.05, 0) is 57.7 Å². The van der Waals surface area contributed by atoms with Crippen molar-refractivity contribution in [3.63, 3.8) is 0 Å². The van der Waals surface area contributed by atoms with Crippen LogP contribution in [0.5, 0.6) is 0 Å². The Labute approximate surface area is 136 Å². The highest BCUT2D eigenvalue weighted by Crippen LogP contribution is 2.20. The second kappa shape index (κ2) is 10.0. The van der Waals surface area contributed by atoms with E-state index in [4.69, 9.17) is 23.2 Å². The molecular weight excluding hydrogens is 309 g/mol. The Morgan fingerprint density at radius 1 is 1.24 bits per heavy atom. The predicted octanol–water partition coefficient (Wildman–Crippen LogP) is 2.19. The molecule has 0 aromatic heterocycles. The Morgan fingerprint density at radius 3 is 2.67 bits per heavy atom. The average Bonchev–Trinajstić information content (AvgIpc) is 2.41. The summed E-state index contributed by atoms with van der Waals surface area (Å²) in [6.45, 7) is 2.71. The molecule has 0 saturated carbocycles. The largest absolute Gasteiger partial charge is 0.355 e. The van der Waals surface area contributed by atoms with Gasteiger partial charge in [-0.15, -0.1) is 0 Å². The second-order valence-electron chi connectivity index (χ2n) is 5.17. The van der Waals surface area contributed by atoms with Crippen molar-refractivity contribution >= 4 is 29.1 Å². The van der Waals surface area contributed by atoms with Gasteiger partial charge in [0.05, 0.1) is 6.54 Å². The monoisotopic (exact) mass is 331 g/mol. The highest BCUT2D eigenvalue weighted by molar-refractivity contribution is 6.35. The van der Waals surface area contributed by atoms with E-state index in [1.807, 2.05) is 26.2 Å². The lowest BCUT2D eigenvalue weighted by Crippen LogP contribution is -2.35. The number of nitrogens with zero attached hydrogens (tertiary/aromatic N) is 1. The maximum atomic E-state index is 11.6. The number of nitrogens with one attached hydrogen (secondary N) is 2. The van der Waals surface area contributed by atoms with Gasteiger partial charge in [-0.2, -0.15) is 0 Å². The van der Waals surface area contributed by atoms with Gasteiger partial charge >= 0.3 is 0 Å². The molecule has 0 bridgehead atoms. The van der Waals surface area contributed by atoms with Crippen molar-refractivity contribution in [2.45, 2.75) is 12.8 Å². The summed E-state index contributed by atoms with van der Waals surface area (Å²) in [6, 6.07) is 5.46. The molecule has 6 heteroatoms. The molecule has 0 heterocycles. The van der Waals surface area contributed by atoms with Gasteiger partial charge in [-0.1, -0.05) is 29.3 Å². The Kier molecular flexibility index (Phi) is 8.69. The summed E-state index contributed by atoms with van der Waals surface area (Å²) in [5.74, 6) is 0.0240. The Morgan fingerprint density at radius 2 is 2.00 bits per heavy atom. The molecule has 0 fully saturated rings. The molecule has 0 spiro atoms. The minimum atomic E-state index is 0.0240. The zero-order valence-electron chi connectivity index (χ0n) is 12.6. The van der Waals surface area contributed by atoms with Crippen molar-refractivity contribution in [1.29, 1.82) is 0 Å². The van der Waals surface area contributed by atoms with Crippen molar-refractivity contribution < 1.29 is 4.79 Å². The molecular formula is C15H23Cl2N3O. The van der Waals surface area contributed by atoms with E-state index < -0.39 is 0 Å². The van der Waals surface area contributed by atoms with Crippen LogP contribution in [0.3, 0.4) is 0 Å². The number of amides is 1. The molecule has 0 aliphatic carbocycles. The van der Waals surface area contributed by atoms with Crippen LogP contribution in [0.15, 0.2) is 18.2 Å². The number of halogens is 2. The van der Waals surface area contributed by atoms with Crippen molar-refractivity contribution in [3.05, 3.63) is 33.8 Å². The first-order valence-electron chi connectivity index (χ1n) is 7.05. The van der Waals surface area contributed by atoms with Crippen LogP contribution < -0.4 is 10.6 Å². The Hall–Kier alpha value is -0.810. The molecule has 1 aromatic rings. The molecule has 4 nitrogen and oxygen atoms in total. The molecule has 118 valence electrons. The third-order valence-electron chi connectivity index (χ3n) is 2.98. The van der Waals surface area contributed by atoms with Crippen LogP contribution >= 0.6 is 23.2 Å². The smallest absolute Gasteiger partial charge is 0.233 e. The summed E-state index contributed by atoms with van der Waals surface area (Å²) in [5, 5.41) is 7.29. The van der Waals surface area contributed by atoms with Gasteiger partial charge in [-0.3, -0.25) is 4.79 Å². The van der Waals surface area contributed by atoms with Gasteiger partial charge in [0, 0.05) is 16.6 Å². The summed E-state index contributed by atoms with van der Waals surface area (Å²) >= 11 is 11.9. The van der Waals surface area contributed by atoms with Crippen molar-refractivity contribution in [2.24, 2.45) is 0 Å². The second-order valence-corrected chi connectivity index (χ2v) is 6.01. The Bertz CT molecular complexity index is 453. The molecule has 1 rings (SSSR count). The van der Waals surface area contributed by atoms with Crippen LogP contribution in [-0.4, -0.2) is 51.1 Å². The summed E-state index contributed by atoms with van der Waals surface area (Å²) < 4.78 is 0. The first kappa shape index (κ1) is 18.2. The highest BCUT2D eigenvalue weighted by atomic mass is 35.5. The molecule has 0 aliphatic heterocycles. The van der Waals surface area contributed by atoms with Gasteiger partial charge in [0.25, 0.3) is 0 Å². The maximum Gasteiger partial charge on any atom is 0.233 e. The van der Waals surface area contributed by atoms with Gasteiger partial charge in [0.1, 0.15) is 0 Å². The van der Waals surface area contributed by atoms with Crippen molar-refractivity contribution in [3.8, 4) is 0 Å². The number of benzene rings is 1. The Balaban J connectivity index is 2.12. The number of hydrogen-bond acceptors (Lipinski definition) is 3. The minimum absolute atomic E-state index is 0.0240. The van der Waals surface area contributed by atoms with E-state index in [9.17, 15) is 4.79 Å². The van der Waals surface area contributed by atoms with E-state index in [-0.39, 0.29) is 5.91 Å². The molecule has 0 atom stereocenters. The van der Waals surface area contributed by atoms with Crippen LogP contribution in [-0.2, 0) is 11.2 Å². The van der Waals surface area contributed by atoms with Crippen LogP contribution in [0.25, 0.3) is 0 Å².